The number of ketones is 1. The van der Waals surface area contributed by atoms with Crippen molar-refractivity contribution in [2.75, 3.05) is 26.2 Å². The number of carbonyl (C=O) groups is 1. The van der Waals surface area contributed by atoms with E-state index in [9.17, 15) is 4.79 Å². The number of nitriles is 1. The van der Waals surface area contributed by atoms with Crippen LogP contribution in [0.3, 0.4) is 0 Å². The lowest BCUT2D eigenvalue weighted by Gasteiger charge is -2.31. The maximum atomic E-state index is 11.5. The Morgan fingerprint density at radius 1 is 1.36 bits per heavy atom. The molecule has 1 fully saturated rings. The van der Waals surface area contributed by atoms with Crippen molar-refractivity contribution in [2.45, 2.75) is 19.3 Å². The highest BCUT2D eigenvalue weighted by molar-refractivity contribution is 5.85. The molecule has 1 aromatic carbocycles. The number of benzene rings is 1. The molecule has 0 spiro atoms. The Labute approximate surface area is 137 Å². The molecule has 118 valence electrons. The van der Waals surface area contributed by atoms with Crippen molar-refractivity contribution in [2.24, 2.45) is 11.8 Å². The number of piperidine rings is 1. The van der Waals surface area contributed by atoms with E-state index in [1.165, 1.54) is 5.56 Å². The Balaban J connectivity index is 0.00000176. The molecule has 0 radical (unpaired) electrons. The van der Waals surface area contributed by atoms with Crippen LogP contribution in [0.25, 0.3) is 0 Å². The third kappa shape index (κ3) is 3.79. The van der Waals surface area contributed by atoms with Gasteiger partial charge in [0, 0.05) is 19.5 Å². The molecule has 2 heterocycles. The molecule has 2 atom stereocenters. The first-order chi connectivity index (χ1) is 10.3. The topological polar surface area (TPSA) is 53.3 Å². The molecule has 0 bridgehead atoms. The molecule has 0 aromatic heterocycles. The van der Waals surface area contributed by atoms with Gasteiger partial charge in [0.15, 0.2) is 5.78 Å². The van der Waals surface area contributed by atoms with Gasteiger partial charge >= 0.3 is 0 Å². The fourth-order valence-corrected chi connectivity index (χ4v) is 3.15. The monoisotopic (exact) mass is 320 g/mol. The molecule has 2 aliphatic heterocycles. The molecular formula is C17H21ClN2O2. The Hall–Kier alpha value is -1.57. The van der Waals surface area contributed by atoms with Gasteiger partial charge in [-0.3, -0.25) is 4.79 Å². The van der Waals surface area contributed by atoms with Gasteiger partial charge in [-0.25, -0.2) is 0 Å². The van der Waals surface area contributed by atoms with Crippen molar-refractivity contribution in [3.63, 3.8) is 0 Å². The highest BCUT2D eigenvalue weighted by Crippen LogP contribution is 2.28. The van der Waals surface area contributed by atoms with E-state index in [1.54, 1.807) is 0 Å². The van der Waals surface area contributed by atoms with Crippen LogP contribution in [0.2, 0.25) is 0 Å². The summed E-state index contributed by atoms with van der Waals surface area (Å²) in [7, 11) is 0. The molecule has 22 heavy (non-hydrogen) atoms. The highest BCUT2D eigenvalue weighted by Gasteiger charge is 2.27. The number of hydrogen-bond acceptors (Lipinski definition) is 4. The maximum Gasteiger partial charge on any atom is 0.152 e. The second kappa shape index (κ2) is 7.62. The van der Waals surface area contributed by atoms with Gasteiger partial charge in [-0.1, -0.05) is 18.2 Å². The number of fused-ring (bicyclic) bond motifs is 1. The number of likely N-dealkylation sites (tertiary alicyclic amines) is 1. The van der Waals surface area contributed by atoms with Crippen molar-refractivity contribution < 1.29 is 9.53 Å². The minimum absolute atomic E-state index is 0. The third-order valence-corrected chi connectivity index (χ3v) is 4.47. The molecule has 2 aliphatic rings. The summed E-state index contributed by atoms with van der Waals surface area (Å²) in [4.78, 5) is 13.8. The van der Waals surface area contributed by atoms with Crippen LogP contribution in [-0.2, 0) is 11.2 Å². The molecular weight excluding hydrogens is 300 g/mol. The van der Waals surface area contributed by atoms with E-state index in [0.29, 0.717) is 18.9 Å². The van der Waals surface area contributed by atoms with Gasteiger partial charge in [-0.2, -0.15) is 5.26 Å². The number of Topliss-reactive ketones (excluding diaryl/α,β-unsaturated/α-hetero) is 1. The Kier molecular flexibility index (Phi) is 5.82. The summed E-state index contributed by atoms with van der Waals surface area (Å²) < 4.78 is 5.81. The van der Waals surface area contributed by atoms with Gasteiger partial charge in [0.2, 0.25) is 0 Å². The highest BCUT2D eigenvalue weighted by atomic mass is 35.5. The van der Waals surface area contributed by atoms with Crippen LogP contribution in [0.5, 0.6) is 5.75 Å². The van der Waals surface area contributed by atoms with Crippen LogP contribution in [-0.4, -0.2) is 36.9 Å². The van der Waals surface area contributed by atoms with E-state index in [2.05, 4.69) is 23.1 Å². The lowest BCUT2D eigenvalue weighted by atomic mass is 9.93. The van der Waals surface area contributed by atoms with Crippen molar-refractivity contribution in [1.29, 1.82) is 5.26 Å². The predicted molar refractivity (Wildman–Crippen MR) is 86.2 cm³/mol. The van der Waals surface area contributed by atoms with Crippen molar-refractivity contribution in [3.05, 3.63) is 29.8 Å². The van der Waals surface area contributed by atoms with Crippen LogP contribution < -0.4 is 4.74 Å². The lowest BCUT2D eigenvalue weighted by Crippen LogP contribution is -2.41. The van der Waals surface area contributed by atoms with Gasteiger partial charge in [0.05, 0.1) is 12.7 Å². The number of nitrogens with zero attached hydrogens (tertiary/aromatic N) is 2. The summed E-state index contributed by atoms with van der Waals surface area (Å²) in [5, 5.41) is 8.99. The number of carbonyl (C=O) groups excluding carboxylic acids is 1. The normalized spacial score (nSPS) is 24.6. The van der Waals surface area contributed by atoms with Crippen LogP contribution >= 0.6 is 12.4 Å². The number of rotatable bonds is 3. The fraction of sp³-hybridized carbons (Fsp3) is 0.529. The number of para-hydroxylation sites is 1. The zero-order chi connectivity index (χ0) is 14.7. The van der Waals surface area contributed by atoms with Gasteiger partial charge in [-0.15, -0.1) is 12.4 Å². The van der Waals surface area contributed by atoms with Crippen LogP contribution in [0.4, 0.5) is 0 Å². The quantitative estimate of drug-likeness (QED) is 0.858. The first kappa shape index (κ1) is 16.8. The van der Waals surface area contributed by atoms with Gasteiger partial charge in [0.25, 0.3) is 0 Å². The van der Waals surface area contributed by atoms with Crippen LogP contribution in [0, 0.1) is 23.2 Å². The first-order valence-corrected chi connectivity index (χ1v) is 7.61. The average molecular weight is 321 g/mol. The SMILES string of the molecule is Cl.N#CC1CN(CCC2COc3ccccc3C2)CCC1=O. The zero-order valence-electron chi connectivity index (χ0n) is 12.5. The Bertz CT molecular complexity index is 570. The van der Waals surface area contributed by atoms with Crippen molar-refractivity contribution in [1.82, 2.24) is 4.90 Å². The molecule has 1 saturated heterocycles. The second-order valence-corrected chi connectivity index (χ2v) is 5.98. The second-order valence-electron chi connectivity index (χ2n) is 5.98. The largest absolute Gasteiger partial charge is 0.493 e. The molecule has 1 aromatic rings. The summed E-state index contributed by atoms with van der Waals surface area (Å²) in [6.45, 7) is 3.10. The standard InChI is InChI=1S/C17H20N2O2.ClH/c18-10-15-11-19(8-6-16(15)20)7-5-13-9-14-3-1-2-4-17(14)21-12-13;/h1-4,13,15H,5-9,11-12H2;1H. The van der Waals surface area contributed by atoms with Crippen LogP contribution in [0.1, 0.15) is 18.4 Å². The summed E-state index contributed by atoms with van der Waals surface area (Å²) in [5.41, 5.74) is 1.29. The molecule has 3 rings (SSSR count). The molecule has 0 saturated carbocycles. The van der Waals surface area contributed by atoms with E-state index in [4.69, 9.17) is 10.00 Å². The minimum atomic E-state index is -0.429. The van der Waals surface area contributed by atoms with Crippen LogP contribution in [0.15, 0.2) is 24.3 Å². The van der Waals surface area contributed by atoms with Crippen molar-refractivity contribution >= 4 is 18.2 Å². The third-order valence-electron chi connectivity index (χ3n) is 4.47. The lowest BCUT2D eigenvalue weighted by molar-refractivity contribution is -0.124. The summed E-state index contributed by atoms with van der Waals surface area (Å²) >= 11 is 0. The van der Waals surface area contributed by atoms with Crippen molar-refractivity contribution in [3.8, 4) is 11.8 Å². The first-order valence-electron chi connectivity index (χ1n) is 7.61. The predicted octanol–water partition coefficient (Wildman–Crippen LogP) is 2.46. The molecule has 4 nitrogen and oxygen atoms in total. The van der Waals surface area contributed by atoms with E-state index in [-0.39, 0.29) is 18.2 Å². The van der Waals surface area contributed by atoms with E-state index in [0.717, 1.165) is 38.3 Å². The Morgan fingerprint density at radius 2 is 2.18 bits per heavy atom. The number of halogens is 1. The maximum absolute atomic E-state index is 11.5. The van der Waals surface area contributed by atoms with E-state index >= 15 is 0 Å². The average Bonchev–Trinajstić information content (AvgIpc) is 2.54. The summed E-state index contributed by atoms with van der Waals surface area (Å²) in [6, 6.07) is 10.3. The summed E-state index contributed by atoms with van der Waals surface area (Å²) in [5.74, 6) is 1.21. The molecule has 0 amide bonds. The number of ether oxygens (including phenoxy) is 1. The summed E-state index contributed by atoms with van der Waals surface area (Å²) in [6.07, 6.45) is 2.63. The molecule has 0 aliphatic carbocycles. The Morgan fingerprint density at radius 3 is 3.00 bits per heavy atom. The van der Waals surface area contributed by atoms with Gasteiger partial charge < -0.3 is 9.64 Å². The molecule has 2 unspecified atom stereocenters. The van der Waals surface area contributed by atoms with E-state index in [1.807, 2.05) is 12.1 Å². The minimum Gasteiger partial charge on any atom is -0.493 e. The zero-order valence-corrected chi connectivity index (χ0v) is 13.3. The fourth-order valence-electron chi connectivity index (χ4n) is 3.15. The number of hydrogen-bond donors (Lipinski definition) is 0. The molecule has 5 heteroatoms. The van der Waals surface area contributed by atoms with Gasteiger partial charge in [0.1, 0.15) is 11.7 Å². The molecule has 0 N–H and O–H groups in total. The van der Waals surface area contributed by atoms with Gasteiger partial charge in [-0.05, 0) is 36.9 Å². The smallest absolute Gasteiger partial charge is 0.152 e. The van der Waals surface area contributed by atoms with E-state index < -0.39 is 5.92 Å².